The third-order valence-electron chi connectivity index (χ3n) is 3.71. The number of thiophene rings is 1. The number of halogens is 1. The van der Waals surface area contributed by atoms with E-state index in [1.165, 1.54) is 11.3 Å². The molecule has 7 heteroatoms. The summed E-state index contributed by atoms with van der Waals surface area (Å²) in [6.07, 6.45) is 4.46. The van der Waals surface area contributed by atoms with Gasteiger partial charge in [-0.05, 0) is 55.3 Å². The number of thioether (sulfide) groups is 1. The Morgan fingerprint density at radius 2 is 2.12 bits per heavy atom. The van der Waals surface area contributed by atoms with Gasteiger partial charge in [-0.25, -0.2) is 4.79 Å². The summed E-state index contributed by atoms with van der Waals surface area (Å²) < 4.78 is 1.04. The van der Waals surface area contributed by atoms with E-state index in [-0.39, 0.29) is 0 Å². The molecule has 0 N–H and O–H groups in total. The first kappa shape index (κ1) is 17.0. The van der Waals surface area contributed by atoms with Gasteiger partial charge in [0, 0.05) is 10.6 Å². The smallest absolute Gasteiger partial charge is 0.313 e. The second-order valence-electron chi connectivity index (χ2n) is 5.17. The monoisotopic (exact) mass is 376 g/mol. The van der Waals surface area contributed by atoms with Crippen LogP contribution in [-0.2, 0) is 11.3 Å². The van der Waals surface area contributed by atoms with E-state index in [1.54, 1.807) is 36.0 Å². The molecule has 1 aromatic heterocycles. The third-order valence-corrected chi connectivity index (χ3v) is 6.22. The molecule has 1 aliphatic carbocycles. The Bertz CT molecular complexity index is 851. The van der Waals surface area contributed by atoms with Crippen LogP contribution < -0.4 is 0 Å². The van der Waals surface area contributed by atoms with Gasteiger partial charge in [0.05, 0.1) is 15.5 Å². The number of fused-ring (bicyclic) bond motifs is 1. The number of nitrogens with zero attached hydrogens (tertiary/aromatic N) is 2. The minimum Gasteiger partial charge on any atom is -0.313 e. The van der Waals surface area contributed by atoms with Crippen molar-refractivity contribution < 1.29 is 9.63 Å². The highest BCUT2D eigenvalue weighted by molar-refractivity contribution is 8.00. The molecule has 0 unspecified atom stereocenters. The Labute approximate surface area is 153 Å². The first-order valence-electron chi connectivity index (χ1n) is 7.28. The quantitative estimate of drug-likeness (QED) is 0.434. The minimum atomic E-state index is -0.521. The number of hydrogen-bond acceptors (Lipinski definition) is 6. The number of rotatable bonds is 3. The predicted octanol–water partition coefficient (Wildman–Crippen LogP) is 4.89. The van der Waals surface area contributed by atoms with Gasteiger partial charge in [-0.3, -0.25) is 0 Å². The highest BCUT2D eigenvalue weighted by Crippen LogP contribution is 2.39. The van der Waals surface area contributed by atoms with E-state index in [9.17, 15) is 10.1 Å². The van der Waals surface area contributed by atoms with E-state index in [0.29, 0.717) is 10.6 Å². The van der Waals surface area contributed by atoms with Crippen molar-refractivity contribution in [1.29, 1.82) is 5.26 Å². The molecule has 0 saturated heterocycles. The Balaban J connectivity index is 1.88. The van der Waals surface area contributed by atoms with Gasteiger partial charge in [-0.1, -0.05) is 16.8 Å². The molecule has 0 spiro atoms. The molecule has 0 radical (unpaired) electrons. The van der Waals surface area contributed by atoms with Crippen LogP contribution in [0, 0.1) is 11.3 Å². The van der Waals surface area contributed by atoms with Crippen molar-refractivity contribution in [2.24, 2.45) is 5.16 Å². The highest BCUT2D eigenvalue weighted by atomic mass is 35.5. The van der Waals surface area contributed by atoms with E-state index < -0.39 is 5.97 Å². The molecule has 1 heterocycles. The average Bonchev–Trinajstić information content (AvgIpc) is 2.99. The van der Waals surface area contributed by atoms with Crippen molar-refractivity contribution in [3.63, 3.8) is 0 Å². The fourth-order valence-corrected chi connectivity index (χ4v) is 4.65. The Morgan fingerprint density at radius 3 is 2.79 bits per heavy atom. The van der Waals surface area contributed by atoms with E-state index >= 15 is 0 Å². The molecule has 4 nitrogen and oxygen atoms in total. The molecule has 24 heavy (non-hydrogen) atoms. The van der Waals surface area contributed by atoms with Gasteiger partial charge in [0.25, 0.3) is 0 Å². The molecule has 0 fully saturated rings. The maximum Gasteiger partial charge on any atom is 0.365 e. The zero-order valence-electron chi connectivity index (χ0n) is 12.8. The molecule has 3 rings (SSSR count). The van der Waals surface area contributed by atoms with Gasteiger partial charge in [0.15, 0.2) is 0 Å². The van der Waals surface area contributed by atoms with Crippen molar-refractivity contribution in [3.8, 4) is 6.07 Å². The number of nitriles is 1. The number of hydrogen-bond donors (Lipinski definition) is 0. The van der Waals surface area contributed by atoms with Crippen LogP contribution in [0.3, 0.4) is 0 Å². The second kappa shape index (κ2) is 7.39. The lowest BCUT2D eigenvalue weighted by molar-refractivity contribution is 0.0515. The SMILES string of the molecule is CSc1sc(C#N)c2c1/C(=N/OC(=O)c1ccc(Cl)cc1)CCC2. The highest BCUT2D eigenvalue weighted by Gasteiger charge is 2.26. The standard InChI is InChI=1S/C17H13ClN2O2S2/c1-23-17-15-12(14(9-19)24-17)3-2-4-13(15)20-22-16(21)10-5-7-11(18)8-6-10/h5-8H,2-4H2,1H3/b20-13+. The van der Waals surface area contributed by atoms with Crippen LogP contribution >= 0.6 is 34.7 Å². The van der Waals surface area contributed by atoms with Crippen molar-refractivity contribution in [1.82, 2.24) is 0 Å². The summed E-state index contributed by atoms with van der Waals surface area (Å²) in [5, 5.41) is 13.9. The van der Waals surface area contributed by atoms with Gasteiger partial charge < -0.3 is 4.84 Å². The summed E-state index contributed by atoms with van der Waals surface area (Å²) in [6.45, 7) is 0. The number of benzene rings is 1. The average molecular weight is 377 g/mol. The third kappa shape index (κ3) is 3.34. The van der Waals surface area contributed by atoms with E-state index in [2.05, 4.69) is 11.2 Å². The van der Waals surface area contributed by atoms with E-state index in [4.69, 9.17) is 16.4 Å². The molecule has 2 aromatic rings. The van der Waals surface area contributed by atoms with Crippen molar-refractivity contribution in [2.75, 3.05) is 6.26 Å². The fourth-order valence-electron chi connectivity index (χ4n) is 2.59. The maximum atomic E-state index is 12.1. The number of carbonyl (C=O) groups excluding carboxylic acids is 1. The largest absolute Gasteiger partial charge is 0.365 e. The van der Waals surface area contributed by atoms with Crippen LogP contribution in [0.5, 0.6) is 0 Å². The van der Waals surface area contributed by atoms with E-state index in [0.717, 1.165) is 45.2 Å². The van der Waals surface area contributed by atoms with Gasteiger partial charge in [-0.2, -0.15) is 5.26 Å². The molecule has 122 valence electrons. The minimum absolute atomic E-state index is 0.396. The topological polar surface area (TPSA) is 62.4 Å². The summed E-state index contributed by atoms with van der Waals surface area (Å²) in [7, 11) is 0. The number of oxime groups is 1. The van der Waals surface area contributed by atoms with Crippen LogP contribution in [-0.4, -0.2) is 17.9 Å². The Kier molecular flexibility index (Phi) is 5.24. The zero-order valence-corrected chi connectivity index (χ0v) is 15.2. The molecule has 0 saturated carbocycles. The fraction of sp³-hybridized carbons (Fsp3) is 0.235. The predicted molar refractivity (Wildman–Crippen MR) is 97.2 cm³/mol. The lowest BCUT2D eigenvalue weighted by atomic mass is 9.92. The van der Waals surface area contributed by atoms with Crippen LogP contribution in [0.1, 0.15) is 39.2 Å². The van der Waals surface area contributed by atoms with Crippen LogP contribution in [0.2, 0.25) is 5.02 Å². The molecule has 0 bridgehead atoms. The first-order valence-corrected chi connectivity index (χ1v) is 9.70. The van der Waals surface area contributed by atoms with Crippen molar-refractivity contribution in [2.45, 2.75) is 23.5 Å². The molecule has 0 aliphatic heterocycles. The zero-order chi connectivity index (χ0) is 17.1. The Hall–Kier alpha value is -1.81. The Morgan fingerprint density at radius 1 is 1.38 bits per heavy atom. The van der Waals surface area contributed by atoms with Crippen LogP contribution in [0.4, 0.5) is 0 Å². The molecule has 0 atom stereocenters. The molecule has 0 amide bonds. The summed E-state index contributed by atoms with van der Waals surface area (Å²) in [5.41, 5.74) is 3.13. The number of carbonyl (C=O) groups is 1. The summed E-state index contributed by atoms with van der Waals surface area (Å²) in [4.78, 5) is 18.0. The van der Waals surface area contributed by atoms with Crippen LogP contribution in [0.25, 0.3) is 0 Å². The lowest BCUT2D eigenvalue weighted by Crippen LogP contribution is -2.13. The maximum absolute atomic E-state index is 12.1. The van der Waals surface area contributed by atoms with Crippen LogP contribution in [0.15, 0.2) is 33.6 Å². The lowest BCUT2D eigenvalue weighted by Gasteiger charge is -2.15. The molecule has 1 aliphatic rings. The summed E-state index contributed by atoms with van der Waals surface area (Å²) in [6, 6.07) is 8.72. The van der Waals surface area contributed by atoms with Crippen molar-refractivity contribution >= 4 is 46.4 Å². The molecular weight excluding hydrogens is 364 g/mol. The normalized spacial score (nSPS) is 15.0. The first-order chi connectivity index (χ1) is 11.6. The van der Waals surface area contributed by atoms with Gasteiger partial charge in [0.1, 0.15) is 10.9 Å². The van der Waals surface area contributed by atoms with Gasteiger partial charge in [0.2, 0.25) is 0 Å². The van der Waals surface area contributed by atoms with Gasteiger partial charge in [-0.15, -0.1) is 23.1 Å². The molecule has 1 aromatic carbocycles. The molecular formula is C17H13ClN2O2S2. The summed E-state index contributed by atoms with van der Waals surface area (Å²) >= 11 is 8.88. The second-order valence-corrected chi connectivity index (χ2v) is 7.70. The van der Waals surface area contributed by atoms with Gasteiger partial charge >= 0.3 is 5.97 Å². The van der Waals surface area contributed by atoms with Crippen molar-refractivity contribution in [3.05, 3.63) is 50.9 Å². The van der Waals surface area contributed by atoms with E-state index in [1.807, 2.05) is 6.26 Å². The summed E-state index contributed by atoms with van der Waals surface area (Å²) in [5.74, 6) is -0.521.